The number of likely N-dealkylation sites (N-methyl/N-ethyl adjacent to an activating group) is 1. The van der Waals surface area contributed by atoms with Gasteiger partial charge in [-0.3, -0.25) is 4.79 Å². The maximum absolute atomic E-state index is 11.0. The first-order chi connectivity index (χ1) is 7.15. The summed E-state index contributed by atoms with van der Waals surface area (Å²) < 4.78 is 1.06. The molecule has 0 aliphatic carbocycles. The van der Waals surface area contributed by atoms with E-state index in [9.17, 15) is 4.79 Å². The number of hydrogen-bond donors (Lipinski definition) is 2. The second-order valence-corrected chi connectivity index (χ2v) is 4.15. The van der Waals surface area contributed by atoms with Crippen LogP contribution in [0.1, 0.15) is 18.5 Å². The average molecular weight is 271 g/mol. The van der Waals surface area contributed by atoms with Gasteiger partial charge in [-0.15, -0.1) is 0 Å². The SMILES string of the molecule is CNC(=O)CNC(C)c1ccccc1Br. The van der Waals surface area contributed by atoms with Crippen LogP contribution in [0, 0.1) is 0 Å². The molecule has 0 aromatic heterocycles. The second kappa shape index (κ2) is 5.88. The Bertz CT molecular complexity index is 341. The van der Waals surface area contributed by atoms with E-state index in [1.807, 2.05) is 31.2 Å². The van der Waals surface area contributed by atoms with Crippen molar-refractivity contribution in [2.24, 2.45) is 0 Å². The Balaban J connectivity index is 2.57. The Hall–Kier alpha value is -0.870. The van der Waals surface area contributed by atoms with E-state index in [-0.39, 0.29) is 11.9 Å². The van der Waals surface area contributed by atoms with E-state index in [1.165, 1.54) is 0 Å². The fourth-order valence-electron chi connectivity index (χ4n) is 1.27. The van der Waals surface area contributed by atoms with E-state index >= 15 is 0 Å². The minimum absolute atomic E-state index is 0.00564. The van der Waals surface area contributed by atoms with Crippen LogP contribution in [0.2, 0.25) is 0 Å². The van der Waals surface area contributed by atoms with Gasteiger partial charge in [0.25, 0.3) is 0 Å². The molecule has 1 aromatic carbocycles. The highest BCUT2D eigenvalue weighted by Crippen LogP contribution is 2.22. The summed E-state index contributed by atoms with van der Waals surface area (Å²) in [6.07, 6.45) is 0. The molecule has 0 aliphatic rings. The Labute approximate surface area is 98.4 Å². The lowest BCUT2D eigenvalue weighted by Gasteiger charge is -2.14. The van der Waals surface area contributed by atoms with Crippen molar-refractivity contribution in [2.75, 3.05) is 13.6 Å². The molecular weight excluding hydrogens is 256 g/mol. The summed E-state index contributed by atoms with van der Waals surface area (Å²) in [7, 11) is 1.63. The molecule has 1 amide bonds. The van der Waals surface area contributed by atoms with Gasteiger partial charge in [0, 0.05) is 17.6 Å². The molecule has 2 N–H and O–H groups in total. The van der Waals surface area contributed by atoms with E-state index in [0.29, 0.717) is 6.54 Å². The average Bonchev–Trinajstić information content (AvgIpc) is 2.26. The highest BCUT2D eigenvalue weighted by molar-refractivity contribution is 9.10. The lowest BCUT2D eigenvalue weighted by molar-refractivity contribution is -0.119. The monoisotopic (exact) mass is 270 g/mol. The molecule has 1 aromatic rings. The van der Waals surface area contributed by atoms with Gasteiger partial charge in [0.2, 0.25) is 5.91 Å². The summed E-state index contributed by atoms with van der Waals surface area (Å²) in [5, 5.41) is 5.72. The van der Waals surface area contributed by atoms with Gasteiger partial charge in [0.05, 0.1) is 6.54 Å². The topological polar surface area (TPSA) is 41.1 Å². The zero-order chi connectivity index (χ0) is 11.3. The number of halogens is 1. The number of rotatable bonds is 4. The van der Waals surface area contributed by atoms with Crippen LogP contribution in [0.4, 0.5) is 0 Å². The molecule has 0 saturated carbocycles. The number of amides is 1. The molecule has 0 spiro atoms. The van der Waals surface area contributed by atoms with E-state index < -0.39 is 0 Å². The maximum atomic E-state index is 11.0. The smallest absolute Gasteiger partial charge is 0.233 e. The molecule has 82 valence electrons. The molecule has 0 bridgehead atoms. The highest BCUT2D eigenvalue weighted by atomic mass is 79.9. The van der Waals surface area contributed by atoms with Crippen molar-refractivity contribution in [1.82, 2.24) is 10.6 Å². The van der Waals surface area contributed by atoms with E-state index in [2.05, 4.69) is 26.6 Å². The molecule has 1 atom stereocenters. The Morgan fingerprint density at radius 3 is 2.73 bits per heavy atom. The first-order valence-corrected chi connectivity index (χ1v) is 5.63. The summed E-state index contributed by atoms with van der Waals surface area (Å²) in [5.74, 6) is -0.00564. The molecule has 1 rings (SSSR count). The zero-order valence-corrected chi connectivity index (χ0v) is 10.5. The number of carbonyl (C=O) groups is 1. The van der Waals surface area contributed by atoms with E-state index in [0.717, 1.165) is 10.0 Å². The Morgan fingerprint density at radius 2 is 2.13 bits per heavy atom. The fourth-order valence-corrected chi connectivity index (χ4v) is 1.90. The predicted octanol–water partition coefficient (Wildman–Crippen LogP) is 1.85. The third-order valence-corrected chi connectivity index (χ3v) is 2.94. The van der Waals surface area contributed by atoms with Gasteiger partial charge in [0.15, 0.2) is 0 Å². The molecular formula is C11H15BrN2O. The van der Waals surface area contributed by atoms with Gasteiger partial charge in [-0.05, 0) is 18.6 Å². The summed E-state index contributed by atoms with van der Waals surface area (Å²) >= 11 is 3.48. The normalized spacial score (nSPS) is 12.2. The van der Waals surface area contributed by atoms with Gasteiger partial charge in [-0.1, -0.05) is 34.1 Å². The predicted molar refractivity (Wildman–Crippen MR) is 64.6 cm³/mol. The van der Waals surface area contributed by atoms with Crippen LogP contribution in [0.25, 0.3) is 0 Å². The maximum Gasteiger partial charge on any atom is 0.233 e. The van der Waals surface area contributed by atoms with Gasteiger partial charge in [-0.2, -0.15) is 0 Å². The van der Waals surface area contributed by atoms with Gasteiger partial charge < -0.3 is 10.6 Å². The second-order valence-electron chi connectivity index (χ2n) is 3.30. The van der Waals surface area contributed by atoms with Gasteiger partial charge >= 0.3 is 0 Å². The van der Waals surface area contributed by atoms with Crippen LogP contribution in [-0.4, -0.2) is 19.5 Å². The first-order valence-electron chi connectivity index (χ1n) is 4.83. The highest BCUT2D eigenvalue weighted by Gasteiger charge is 2.08. The van der Waals surface area contributed by atoms with Gasteiger partial charge in [-0.25, -0.2) is 0 Å². The summed E-state index contributed by atoms with van der Waals surface area (Å²) in [6, 6.07) is 8.13. The van der Waals surface area contributed by atoms with Crippen LogP contribution in [-0.2, 0) is 4.79 Å². The van der Waals surface area contributed by atoms with Crippen molar-refractivity contribution in [3.8, 4) is 0 Å². The third kappa shape index (κ3) is 3.64. The quantitative estimate of drug-likeness (QED) is 0.877. The summed E-state index contributed by atoms with van der Waals surface area (Å²) in [4.78, 5) is 11.0. The zero-order valence-electron chi connectivity index (χ0n) is 8.88. The first kappa shape index (κ1) is 12.2. The lowest BCUT2D eigenvalue weighted by Crippen LogP contribution is -2.32. The van der Waals surface area contributed by atoms with Crippen LogP contribution in [0.15, 0.2) is 28.7 Å². The molecule has 0 fully saturated rings. The number of benzene rings is 1. The Morgan fingerprint density at radius 1 is 1.47 bits per heavy atom. The molecule has 3 nitrogen and oxygen atoms in total. The van der Waals surface area contributed by atoms with Crippen molar-refractivity contribution >= 4 is 21.8 Å². The van der Waals surface area contributed by atoms with Gasteiger partial charge in [0.1, 0.15) is 0 Å². The molecule has 15 heavy (non-hydrogen) atoms. The molecule has 0 heterocycles. The summed E-state index contributed by atoms with van der Waals surface area (Å²) in [5.41, 5.74) is 1.15. The van der Waals surface area contributed by atoms with E-state index in [4.69, 9.17) is 0 Å². The van der Waals surface area contributed by atoms with E-state index in [1.54, 1.807) is 7.05 Å². The fraction of sp³-hybridized carbons (Fsp3) is 0.364. The van der Waals surface area contributed by atoms with Crippen LogP contribution < -0.4 is 10.6 Å². The largest absolute Gasteiger partial charge is 0.358 e. The van der Waals surface area contributed by atoms with Crippen molar-refractivity contribution in [1.29, 1.82) is 0 Å². The van der Waals surface area contributed by atoms with Crippen LogP contribution >= 0.6 is 15.9 Å². The lowest BCUT2D eigenvalue weighted by atomic mass is 10.1. The molecule has 4 heteroatoms. The standard InChI is InChI=1S/C11H15BrN2O/c1-8(14-7-11(15)13-2)9-5-3-4-6-10(9)12/h3-6,8,14H,7H2,1-2H3,(H,13,15). The number of hydrogen-bond acceptors (Lipinski definition) is 2. The van der Waals surface area contributed by atoms with Crippen molar-refractivity contribution in [2.45, 2.75) is 13.0 Å². The van der Waals surface area contributed by atoms with Crippen molar-refractivity contribution in [3.05, 3.63) is 34.3 Å². The summed E-state index contributed by atoms with van der Waals surface area (Å²) in [6.45, 7) is 2.36. The van der Waals surface area contributed by atoms with Crippen LogP contribution in [0.5, 0.6) is 0 Å². The number of nitrogens with one attached hydrogen (secondary N) is 2. The van der Waals surface area contributed by atoms with Crippen molar-refractivity contribution < 1.29 is 4.79 Å². The molecule has 1 unspecified atom stereocenters. The molecule has 0 aliphatic heterocycles. The third-order valence-electron chi connectivity index (χ3n) is 2.22. The van der Waals surface area contributed by atoms with Crippen molar-refractivity contribution in [3.63, 3.8) is 0 Å². The Kier molecular flexibility index (Phi) is 4.78. The minimum atomic E-state index is -0.00564. The number of carbonyl (C=O) groups excluding carboxylic acids is 1. The molecule has 0 radical (unpaired) electrons. The molecule has 0 saturated heterocycles. The van der Waals surface area contributed by atoms with Crippen LogP contribution in [0.3, 0.4) is 0 Å². The minimum Gasteiger partial charge on any atom is -0.358 e.